The van der Waals surface area contributed by atoms with Crippen molar-refractivity contribution < 1.29 is 0 Å². The minimum absolute atomic E-state index is 0.486. The van der Waals surface area contributed by atoms with Crippen molar-refractivity contribution in [2.45, 2.75) is 151 Å². The number of aliphatic imine (C=N–C) groups is 1. The van der Waals surface area contributed by atoms with E-state index in [-0.39, 0.29) is 0 Å². The number of fused-ring (bicyclic) bond motifs is 5. The summed E-state index contributed by atoms with van der Waals surface area (Å²) < 4.78 is 0. The van der Waals surface area contributed by atoms with Gasteiger partial charge in [0.2, 0.25) is 0 Å². The van der Waals surface area contributed by atoms with E-state index in [1.54, 1.807) is 0 Å². The zero-order valence-corrected chi connectivity index (χ0v) is 27.6. The van der Waals surface area contributed by atoms with Gasteiger partial charge < -0.3 is 4.99 Å². The smallest absolute Gasteiger partial charge is 0.0384 e. The third-order valence-corrected chi connectivity index (χ3v) is 15.5. The van der Waals surface area contributed by atoms with Crippen LogP contribution in [0.4, 0.5) is 0 Å². The van der Waals surface area contributed by atoms with Gasteiger partial charge in [-0.05, 0) is 166 Å². The Labute approximate surface area is 249 Å². The maximum absolute atomic E-state index is 4.11. The second-order valence-electron chi connectivity index (χ2n) is 17.8. The molecule has 6 rings (SSSR count). The van der Waals surface area contributed by atoms with Gasteiger partial charge in [-0.3, -0.25) is 0 Å². The first-order chi connectivity index (χ1) is 19.1. The SMILES string of the molecule is C=NCCC1CC1CCC1CCC12CC[C@@]1(C)C(=CC[C@@]3(C)[C@@H]4CC[C@H]([C@H](C)CCCC(C)C)[C@@]4(C)CC[C@@H]31)C2. The molecule has 40 heavy (non-hydrogen) atoms. The van der Waals surface area contributed by atoms with Crippen LogP contribution in [0, 0.1) is 69.0 Å². The summed E-state index contributed by atoms with van der Waals surface area (Å²) in [6, 6.07) is 0. The van der Waals surface area contributed by atoms with Crippen LogP contribution in [0.2, 0.25) is 0 Å². The van der Waals surface area contributed by atoms with Gasteiger partial charge in [0.25, 0.3) is 0 Å². The molecule has 0 amide bonds. The van der Waals surface area contributed by atoms with E-state index < -0.39 is 0 Å². The standard InChI is InChI=1S/C39H65N/c1-27(2)9-8-10-28(3)33-13-14-34-37(33,5)20-17-35-36(4)22-23-39(26-32(36)15-19-38(34,35)6)21-16-31(39)12-11-29-25-30(29)18-24-40-7/h15,27-31,33-35H,7-14,16-26H2,1-6H3/t28-,29?,30?,31?,33-,34-,35-,36+,37-,38+,39?/m1/s1. The van der Waals surface area contributed by atoms with Crippen LogP contribution in [-0.4, -0.2) is 13.3 Å². The molecule has 6 aliphatic carbocycles. The largest absolute Gasteiger partial charge is 0.301 e. The number of rotatable bonds is 11. The van der Waals surface area contributed by atoms with Crippen LogP contribution in [0.25, 0.3) is 0 Å². The second kappa shape index (κ2) is 10.8. The minimum Gasteiger partial charge on any atom is -0.301 e. The molecular weight excluding hydrogens is 482 g/mol. The van der Waals surface area contributed by atoms with E-state index in [0.717, 1.165) is 53.9 Å². The zero-order valence-electron chi connectivity index (χ0n) is 27.6. The molecule has 0 aromatic heterocycles. The van der Waals surface area contributed by atoms with Crippen LogP contribution >= 0.6 is 0 Å². The predicted molar refractivity (Wildman–Crippen MR) is 173 cm³/mol. The number of nitrogens with zero attached hydrogens (tertiary/aromatic N) is 1. The van der Waals surface area contributed by atoms with E-state index in [2.05, 4.69) is 59.3 Å². The van der Waals surface area contributed by atoms with Crippen LogP contribution < -0.4 is 0 Å². The van der Waals surface area contributed by atoms with E-state index >= 15 is 0 Å². The summed E-state index contributed by atoms with van der Waals surface area (Å²) >= 11 is 0. The molecule has 0 saturated heterocycles. The lowest BCUT2D eigenvalue weighted by atomic mass is 9.38. The van der Waals surface area contributed by atoms with E-state index in [4.69, 9.17) is 0 Å². The van der Waals surface area contributed by atoms with Crippen molar-refractivity contribution in [2.24, 2.45) is 74.0 Å². The van der Waals surface area contributed by atoms with Crippen LogP contribution in [0.5, 0.6) is 0 Å². The van der Waals surface area contributed by atoms with Gasteiger partial charge in [-0.25, -0.2) is 0 Å². The lowest BCUT2D eigenvalue weighted by Crippen LogP contribution is -2.57. The van der Waals surface area contributed by atoms with Crippen molar-refractivity contribution in [3.8, 4) is 0 Å². The molecule has 0 bridgehead atoms. The summed E-state index contributed by atoms with van der Waals surface area (Å²) in [7, 11) is 0. The van der Waals surface area contributed by atoms with Crippen molar-refractivity contribution in [3.05, 3.63) is 11.6 Å². The van der Waals surface area contributed by atoms with Gasteiger partial charge in [-0.15, -0.1) is 0 Å². The molecule has 1 nitrogen and oxygen atoms in total. The van der Waals surface area contributed by atoms with Crippen molar-refractivity contribution in [3.63, 3.8) is 0 Å². The van der Waals surface area contributed by atoms with Gasteiger partial charge in [-0.1, -0.05) is 72.5 Å². The van der Waals surface area contributed by atoms with E-state index in [1.165, 1.54) is 109 Å². The molecule has 226 valence electrons. The Morgan fingerprint density at radius 2 is 1.65 bits per heavy atom. The van der Waals surface area contributed by atoms with Crippen LogP contribution in [0.15, 0.2) is 16.6 Å². The first-order valence-corrected chi connectivity index (χ1v) is 18.2. The average molecular weight is 548 g/mol. The first kappa shape index (κ1) is 29.5. The molecule has 0 aliphatic heterocycles. The fraction of sp³-hybridized carbons (Fsp3) is 0.923. The summed E-state index contributed by atoms with van der Waals surface area (Å²) in [5.74, 6) is 7.62. The zero-order chi connectivity index (χ0) is 28.3. The molecule has 1 heteroatoms. The molecule has 5 fully saturated rings. The molecule has 0 aromatic rings. The summed E-state index contributed by atoms with van der Waals surface area (Å²) in [5.41, 5.74) is 4.22. The van der Waals surface area contributed by atoms with Gasteiger partial charge in [-0.2, -0.15) is 0 Å². The third-order valence-electron chi connectivity index (χ3n) is 15.5. The maximum Gasteiger partial charge on any atom is 0.0384 e. The Morgan fingerprint density at radius 1 is 0.850 bits per heavy atom. The van der Waals surface area contributed by atoms with E-state index in [9.17, 15) is 0 Å². The first-order valence-electron chi connectivity index (χ1n) is 18.2. The molecule has 0 N–H and O–H groups in total. The maximum atomic E-state index is 4.11. The van der Waals surface area contributed by atoms with Gasteiger partial charge in [0.1, 0.15) is 0 Å². The fourth-order valence-corrected chi connectivity index (χ4v) is 12.9. The summed E-state index contributed by atoms with van der Waals surface area (Å²) in [5, 5.41) is 0. The highest BCUT2D eigenvalue weighted by atomic mass is 14.7. The molecule has 1 spiro atoms. The monoisotopic (exact) mass is 548 g/mol. The highest BCUT2D eigenvalue weighted by Crippen LogP contribution is 2.74. The fourth-order valence-electron chi connectivity index (χ4n) is 12.9. The van der Waals surface area contributed by atoms with Crippen molar-refractivity contribution in [1.29, 1.82) is 0 Å². The molecule has 6 aliphatic rings. The number of hydrogen-bond donors (Lipinski definition) is 0. The molecular formula is C39H65N. The number of hydrogen-bond acceptors (Lipinski definition) is 1. The van der Waals surface area contributed by atoms with Gasteiger partial charge in [0.15, 0.2) is 0 Å². The van der Waals surface area contributed by atoms with Crippen LogP contribution in [0.3, 0.4) is 0 Å². The Hall–Kier alpha value is -0.590. The van der Waals surface area contributed by atoms with Crippen LogP contribution in [0.1, 0.15) is 151 Å². The van der Waals surface area contributed by atoms with Crippen LogP contribution in [-0.2, 0) is 0 Å². The molecule has 0 radical (unpaired) electrons. The Morgan fingerprint density at radius 3 is 2.38 bits per heavy atom. The van der Waals surface area contributed by atoms with Crippen molar-refractivity contribution >= 4 is 6.72 Å². The number of allylic oxidation sites excluding steroid dienone is 2. The average Bonchev–Trinajstić information content (AvgIpc) is 3.55. The highest BCUT2D eigenvalue weighted by molar-refractivity contribution is 5.30. The second-order valence-corrected chi connectivity index (χ2v) is 17.8. The van der Waals surface area contributed by atoms with Crippen molar-refractivity contribution in [2.75, 3.05) is 6.54 Å². The van der Waals surface area contributed by atoms with E-state index in [0.29, 0.717) is 21.7 Å². The normalized spacial score (nSPS) is 48.1. The molecule has 5 saturated carbocycles. The predicted octanol–water partition coefficient (Wildman–Crippen LogP) is 11.3. The summed E-state index contributed by atoms with van der Waals surface area (Å²) in [6.45, 7) is 20.4. The lowest BCUT2D eigenvalue weighted by Gasteiger charge is -2.66. The Bertz CT molecular complexity index is 962. The summed E-state index contributed by atoms with van der Waals surface area (Å²) in [6.07, 6.45) is 28.0. The molecule has 0 aromatic carbocycles. The third kappa shape index (κ3) is 4.82. The minimum atomic E-state index is 0.486. The highest BCUT2D eigenvalue weighted by Gasteiger charge is 2.65. The van der Waals surface area contributed by atoms with Gasteiger partial charge >= 0.3 is 0 Å². The van der Waals surface area contributed by atoms with Gasteiger partial charge in [0, 0.05) is 6.54 Å². The van der Waals surface area contributed by atoms with E-state index in [1.807, 2.05) is 5.57 Å². The molecule has 11 atom stereocenters. The van der Waals surface area contributed by atoms with Gasteiger partial charge in [0.05, 0.1) is 0 Å². The lowest BCUT2D eigenvalue weighted by molar-refractivity contribution is -0.126. The molecule has 4 unspecified atom stereocenters. The quantitative estimate of drug-likeness (QED) is 0.180. The Balaban J connectivity index is 1.11. The Kier molecular flexibility index (Phi) is 7.99. The summed E-state index contributed by atoms with van der Waals surface area (Å²) in [4.78, 5) is 4.11. The topological polar surface area (TPSA) is 12.4 Å². The molecule has 0 heterocycles. The van der Waals surface area contributed by atoms with Crippen molar-refractivity contribution in [1.82, 2.24) is 0 Å².